The topological polar surface area (TPSA) is 18.5 Å². The third-order valence-electron chi connectivity index (χ3n) is 2.16. The highest BCUT2D eigenvalue weighted by atomic mass is 15.3. The van der Waals surface area contributed by atoms with Crippen LogP contribution in [0.25, 0.3) is 0 Å². The first-order valence-corrected chi connectivity index (χ1v) is 5.16. The lowest BCUT2D eigenvalue weighted by molar-refractivity contribution is 0.292. The van der Waals surface area contributed by atoms with Gasteiger partial charge in [-0.05, 0) is 25.9 Å². The summed E-state index contributed by atoms with van der Waals surface area (Å²) in [5, 5.41) is 3.41. The van der Waals surface area contributed by atoms with Crippen molar-refractivity contribution in [2.45, 2.75) is 19.8 Å². The maximum Gasteiger partial charge on any atom is 0.0890 e. The molecule has 13 heavy (non-hydrogen) atoms. The fraction of sp³-hybridized carbons (Fsp3) is 0.800. The van der Waals surface area contributed by atoms with Crippen molar-refractivity contribution < 1.29 is 0 Å². The second-order valence-electron chi connectivity index (χ2n) is 3.61. The molecule has 1 rings (SSSR count). The largest absolute Gasteiger partial charge is 0.362 e. The van der Waals surface area contributed by atoms with Gasteiger partial charge in [0.05, 0.1) is 6.67 Å². The van der Waals surface area contributed by atoms with Crippen LogP contribution in [0.3, 0.4) is 0 Å². The van der Waals surface area contributed by atoms with Crippen molar-refractivity contribution in [3.05, 3.63) is 12.4 Å². The standard InChI is InChI=1S/C10H21N3/c1-3-5-11-6-4-7-13-9-8-12(2)10-13/h8-9,11H,3-7,10H2,1-2H3. The number of nitrogens with one attached hydrogen (secondary N) is 1. The van der Waals surface area contributed by atoms with E-state index in [9.17, 15) is 0 Å². The first-order valence-electron chi connectivity index (χ1n) is 5.16. The minimum atomic E-state index is 1.05. The van der Waals surface area contributed by atoms with Gasteiger partial charge in [-0.15, -0.1) is 0 Å². The molecule has 0 bridgehead atoms. The van der Waals surface area contributed by atoms with Gasteiger partial charge in [-0.25, -0.2) is 0 Å². The highest BCUT2D eigenvalue weighted by Gasteiger charge is 2.06. The Morgan fingerprint density at radius 2 is 2.15 bits per heavy atom. The van der Waals surface area contributed by atoms with Crippen molar-refractivity contribution in [1.82, 2.24) is 15.1 Å². The van der Waals surface area contributed by atoms with Crippen LogP contribution in [0.4, 0.5) is 0 Å². The lowest BCUT2D eigenvalue weighted by Crippen LogP contribution is -2.26. The van der Waals surface area contributed by atoms with Crippen LogP contribution in [-0.2, 0) is 0 Å². The van der Waals surface area contributed by atoms with Crippen molar-refractivity contribution in [3.8, 4) is 0 Å². The van der Waals surface area contributed by atoms with Gasteiger partial charge >= 0.3 is 0 Å². The summed E-state index contributed by atoms with van der Waals surface area (Å²) in [7, 11) is 2.10. The van der Waals surface area contributed by atoms with E-state index in [1.54, 1.807) is 0 Å². The van der Waals surface area contributed by atoms with E-state index in [1.165, 1.54) is 12.8 Å². The fourth-order valence-corrected chi connectivity index (χ4v) is 1.44. The second-order valence-corrected chi connectivity index (χ2v) is 3.61. The van der Waals surface area contributed by atoms with Crippen molar-refractivity contribution in [3.63, 3.8) is 0 Å². The van der Waals surface area contributed by atoms with Crippen LogP contribution in [0.2, 0.25) is 0 Å². The number of hydrogen-bond acceptors (Lipinski definition) is 3. The van der Waals surface area contributed by atoms with Crippen molar-refractivity contribution in [2.24, 2.45) is 0 Å². The van der Waals surface area contributed by atoms with Gasteiger partial charge in [0.25, 0.3) is 0 Å². The Kier molecular flexibility index (Phi) is 4.68. The Hall–Kier alpha value is -0.700. The zero-order valence-electron chi connectivity index (χ0n) is 8.79. The van der Waals surface area contributed by atoms with Crippen molar-refractivity contribution in [1.29, 1.82) is 0 Å². The fourth-order valence-electron chi connectivity index (χ4n) is 1.44. The summed E-state index contributed by atoms with van der Waals surface area (Å²) in [6.45, 7) is 6.70. The molecule has 76 valence electrons. The Labute approximate surface area is 81.4 Å². The molecule has 0 aromatic carbocycles. The molecule has 0 spiro atoms. The molecule has 1 aliphatic heterocycles. The Morgan fingerprint density at radius 1 is 1.31 bits per heavy atom. The van der Waals surface area contributed by atoms with E-state index in [-0.39, 0.29) is 0 Å². The molecule has 1 N–H and O–H groups in total. The molecule has 0 radical (unpaired) electrons. The monoisotopic (exact) mass is 183 g/mol. The molecule has 1 aliphatic rings. The van der Waals surface area contributed by atoms with Gasteiger partial charge in [-0.1, -0.05) is 6.92 Å². The molecule has 0 atom stereocenters. The zero-order chi connectivity index (χ0) is 9.52. The maximum atomic E-state index is 3.41. The predicted octanol–water partition coefficient (Wildman–Crippen LogP) is 1.05. The number of rotatable bonds is 6. The third-order valence-corrected chi connectivity index (χ3v) is 2.16. The number of nitrogens with zero attached hydrogens (tertiary/aromatic N) is 2. The zero-order valence-corrected chi connectivity index (χ0v) is 8.79. The first kappa shape index (κ1) is 10.4. The molecule has 0 aromatic heterocycles. The van der Waals surface area contributed by atoms with Gasteiger partial charge in [0.2, 0.25) is 0 Å². The normalized spacial score (nSPS) is 15.8. The van der Waals surface area contributed by atoms with E-state index >= 15 is 0 Å². The predicted molar refractivity (Wildman–Crippen MR) is 56.3 cm³/mol. The van der Waals surface area contributed by atoms with E-state index in [2.05, 4.69) is 41.5 Å². The highest BCUT2D eigenvalue weighted by molar-refractivity contribution is 4.88. The van der Waals surface area contributed by atoms with Gasteiger partial charge in [0.15, 0.2) is 0 Å². The van der Waals surface area contributed by atoms with Gasteiger partial charge in [0.1, 0.15) is 0 Å². The van der Waals surface area contributed by atoms with E-state index in [0.29, 0.717) is 0 Å². The molecule has 0 saturated heterocycles. The van der Waals surface area contributed by atoms with Gasteiger partial charge in [0, 0.05) is 26.0 Å². The molecule has 1 heterocycles. The van der Waals surface area contributed by atoms with Crippen LogP contribution in [0, 0.1) is 0 Å². The summed E-state index contributed by atoms with van der Waals surface area (Å²) in [5.74, 6) is 0. The van der Waals surface area contributed by atoms with E-state index < -0.39 is 0 Å². The molecule has 3 nitrogen and oxygen atoms in total. The molecule has 0 aliphatic carbocycles. The van der Waals surface area contributed by atoms with E-state index in [1.807, 2.05) is 0 Å². The molecular weight excluding hydrogens is 162 g/mol. The van der Waals surface area contributed by atoms with Crippen LogP contribution in [-0.4, -0.2) is 43.2 Å². The molecule has 3 heteroatoms. The summed E-state index contributed by atoms with van der Waals surface area (Å²) >= 11 is 0. The van der Waals surface area contributed by atoms with Gasteiger partial charge < -0.3 is 15.1 Å². The molecule has 0 aromatic rings. The molecule has 0 unspecified atom stereocenters. The average molecular weight is 183 g/mol. The van der Waals surface area contributed by atoms with Crippen LogP contribution in [0.1, 0.15) is 19.8 Å². The summed E-state index contributed by atoms with van der Waals surface area (Å²) in [6.07, 6.45) is 6.75. The van der Waals surface area contributed by atoms with Crippen LogP contribution < -0.4 is 5.32 Å². The third kappa shape index (κ3) is 4.18. The quantitative estimate of drug-likeness (QED) is 0.621. The lowest BCUT2D eigenvalue weighted by Gasteiger charge is -2.17. The van der Waals surface area contributed by atoms with Gasteiger partial charge in [-0.2, -0.15) is 0 Å². The Morgan fingerprint density at radius 3 is 2.77 bits per heavy atom. The minimum absolute atomic E-state index is 1.05. The average Bonchev–Trinajstić information content (AvgIpc) is 2.51. The molecule has 0 fully saturated rings. The smallest absolute Gasteiger partial charge is 0.0890 e. The van der Waals surface area contributed by atoms with Crippen LogP contribution in [0.15, 0.2) is 12.4 Å². The van der Waals surface area contributed by atoms with Crippen molar-refractivity contribution in [2.75, 3.05) is 33.4 Å². The minimum Gasteiger partial charge on any atom is -0.362 e. The summed E-state index contributed by atoms with van der Waals surface area (Å²) in [6, 6.07) is 0. The summed E-state index contributed by atoms with van der Waals surface area (Å²) in [5.41, 5.74) is 0. The first-order chi connectivity index (χ1) is 6.33. The summed E-state index contributed by atoms with van der Waals surface area (Å²) in [4.78, 5) is 4.53. The molecule has 0 saturated carbocycles. The molecular formula is C10H21N3. The van der Waals surface area contributed by atoms with Gasteiger partial charge in [-0.3, -0.25) is 0 Å². The van der Waals surface area contributed by atoms with E-state index in [0.717, 1.165) is 26.3 Å². The second kappa shape index (κ2) is 5.86. The maximum absolute atomic E-state index is 3.41. The van der Waals surface area contributed by atoms with Crippen LogP contribution >= 0.6 is 0 Å². The van der Waals surface area contributed by atoms with E-state index in [4.69, 9.17) is 0 Å². The number of hydrogen-bond donors (Lipinski definition) is 1. The SMILES string of the molecule is CCCNCCCN1C=CN(C)C1. The highest BCUT2D eigenvalue weighted by Crippen LogP contribution is 2.03. The lowest BCUT2D eigenvalue weighted by atomic mass is 10.4. The Balaban J connectivity index is 1.92. The summed E-state index contributed by atoms with van der Waals surface area (Å²) < 4.78 is 0. The molecule has 0 amide bonds. The van der Waals surface area contributed by atoms with Crippen molar-refractivity contribution >= 4 is 0 Å². The Bertz CT molecular complexity index is 156. The van der Waals surface area contributed by atoms with Crippen LogP contribution in [0.5, 0.6) is 0 Å².